The summed E-state index contributed by atoms with van der Waals surface area (Å²) in [6, 6.07) is 4.85. The number of benzene rings is 2. The van der Waals surface area contributed by atoms with Gasteiger partial charge in [0.05, 0.1) is 5.39 Å². The van der Waals surface area contributed by atoms with Crippen LogP contribution >= 0.6 is 0 Å². The minimum atomic E-state index is -1.37. The third-order valence-electron chi connectivity index (χ3n) is 4.90. The molecule has 2 unspecified atom stereocenters. The van der Waals surface area contributed by atoms with Crippen molar-refractivity contribution in [1.82, 2.24) is 10.6 Å². The quantitative estimate of drug-likeness (QED) is 0.223. The zero-order valence-electron chi connectivity index (χ0n) is 18.8. The standard InChI is InChI=1S/C22H22N4O10/c1-9(27)15-6-12-16(35-21(32)25-7-13(23)19(28)29)10-4-2-3-5-11(10)17(18(12)34-15)36-22(33)26-8-14(24)20(30)31/h2-6,13-14H,7-8,23-24H2,1H3,(H,25,32)(H,26,33)(H,28,29)(H,30,31). The van der Waals surface area contributed by atoms with Gasteiger partial charge in [-0.25, -0.2) is 9.59 Å². The lowest BCUT2D eigenvalue weighted by Gasteiger charge is -2.15. The Balaban J connectivity index is 2.04. The number of hydrogen-bond donors (Lipinski definition) is 6. The molecule has 14 heteroatoms. The number of aliphatic carboxylic acids is 2. The minimum Gasteiger partial charge on any atom is -0.480 e. The normalized spacial score (nSPS) is 12.5. The predicted molar refractivity (Wildman–Crippen MR) is 123 cm³/mol. The number of hydrogen-bond acceptors (Lipinski definition) is 10. The van der Waals surface area contributed by atoms with E-state index in [2.05, 4.69) is 10.6 Å². The van der Waals surface area contributed by atoms with E-state index in [1.165, 1.54) is 19.1 Å². The second-order valence-corrected chi connectivity index (χ2v) is 7.54. The molecule has 36 heavy (non-hydrogen) atoms. The smallest absolute Gasteiger partial charge is 0.412 e. The maximum absolute atomic E-state index is 12.4. The molecular formula is C22H22N4O10. The van der Waals surface area contributed by atoms with E-state index in [1.807, 2.05) is 0 Å². The van der Waals surface area contributed by atoms with Gasteiger partial charge in [-0.05, 0) is 6.07 Å². The molecule has 0 spiro atoms. The van der Waals surface area contributed by atoms with Crippen LogP contribution in [0.25, 0.3) is 21.7 Å². The third-order valence-corrected chi connectivity index (χ3v) is 4.90. The predicted octanol–water partition coefficient (Wildman–Crippen LogP) is 0.789. The van der Waals surface area contributed by atoms with Crippen molar-refractivity contribution in [2.75, 3.05) is 13.1 Å². The van der Waals surface area contributed by atoms with E-state index in [-0.39, 0.29) is 39.0 Å². The van der Waals surface area contributed by atoms with E-state index in [1.54, 1.807) is 18.2 Å². The Morgan fingerprint density at radius 2 is 1.33 bits per heavy atom. The molecule has 8 N–H and O–H groups in total. The molecule has 0 radical (unpaired) electrons. The van der Waals surface area contributed by atoms with E-state index in [4.69, 9.17) is 35.6 Å². The molecule has 3 rings (SSSR count). The van der Waals surface area contributed by atoms with Gasteiger partial charge < -0.3 is 46.2 Å². The fourth-order valence-corrected chi connectivity index (χ4v) is 3.08. The molecule has 0 aliphatic heterocycles. The largest absolute Gasteiger partial charge is 0.480 e. The second kappa shape index (κ2) is 10.7. The van der Waals surface area contributed by atoms with Crippen LogP contribution in [0.1, 0.15) is 17.5 Å². The first kappa shape index (κ1) is 25.9. The van der Waals surface area contributed by atoms with Crippen LogP contribution in [0.2, 0.25) is 0 Å². The number of rotatable bonds is 9. The Morgan fingerprint density at radius 3 is 1.81 bits per heavy atom. The highest BCUT2D eigenvalue weighted by atomic mass is 16.6. The van der Waals surface area contributed by atoms with Crippen LogP contribution in [-0.4, -0.2) is 65.3 Å². The van der Waals surface area contributed by atoms with Gasteiger partial charge in [-0.2, -0.15) is 0 Å². The molecule has 3 aromatic rings. The lowest BCUT2D eigenvalue weighted by Crippen LogP contribution is -2.43. The summed E-state index contributed by atoms with van der Waals surface area (Å²) in [6.45, 7) is 0.392. The molecule has 190 valence electrons. The van der Waals surface area contributed by atoms with Gasteiger partial charge in [0.1, 0.15) is 12.1 Å². The Labute approximate surface area is 202 Å². The van der Waals surface area contributed by atoms with E-state index in [9.17, 15) is 24.0 Å². The Hall–Kier alpha value is -4.69. The van der Waals surface area contributed by atoms with Gasteiger partial charge in [0, 0.05) is 30.8 Å². The zero-order valence-corrected chi connectivity index (χ0v) is 18.8. The van der Waals surface area contributed by atoms with Gasteiger partial charge in [0.15, 0.2) is 28.6 Å². The number of nitrogens with one attached hydrogen (secondary N) is 2. The van der Waals surface area contributed by atoms with Crippen LogP contribution < -0.4 is 31.6 Å². The van der Waals surface area contributed by atoms with E-state index in [0.717, 1.165) is 0 Å². The number of furan rings is 1. The van der Waals surface area contributed by atoms with Crippen LogP contribution in [0, 0.1) is 0 Å². The molecule has 14 nitrogen and oxygen atoms in total. The summed E-state index contributed by atoms with van der Waals surface area (Å²) < 4.78 is 16.4. The number of Topliss-reactive ketones (excluding diaryl/α,β-unsaturated/α-hetero) is 1. The summed E-state index contributed by atoms with van der Waals surface area (Å²) >= 11 is 0. The SMILES string of the molecule is CC(=O)c1cc2c(OC(=O)NCC(N)C(=O)O)c3ccccc3c(OC(=O)NCC(N)C(=O)O)c2o1. The van der Waals surface area contributed by atoms with Crippen molar-refractivity contribution in [2.24, 2.45) is 11.5 Å². The maximum atomic E-state index is 12.4. The first-order valence-corrected chi connectivity index (χ1v) is 10.4. The summed E-state index contributed by atoms with van der Waals surface area (Å²) in [5.41, 5.74) is 10.7. The fourth-order valence-electron chi connectivity index (χ4n) is 3.08. The number of ketones is 1. The van der Waals surface area contributed by atoms with Crippen LogP contribution in [0.5, 0.6) is 11.5 Å². The van der Waals surface area contributed by atoms with Crippen molar-refractivity contribution in [3.05, 3.63) is 36.1 Å². The zero-order chi connectivity index (χ0) is 26.6. The molecule has 0 bridgehead atoms. The molecule has 1 heterocycles. The number of amides is 2. The van der Waals surface area contributed by atoms with Crippen molar-refractivity contribution in [1.29, 1.82) is 0 Å². The molecular weight excluding hydrogens is 480 g/mol. The molecule has 0 aliphatic rings. The number of carbonyl (C=O) groups excluding carboxylic acids is 3. The molecule has 2 amide bonds. The summed E-state index contributed by atoms with van der Waals surface area (Å²) in [5.74, 6) is -3.44. The molecule has 0 saturated heterocycles. The average molecular weight is 502 g/mol. The number of ether oxygens (including phenoxy) is 2. The van der Waals surface area contributed by atoms with Gasteiger partial charge in [0.25, 0.3) is 0 Å². The van der Waals surface area contributed by atoms with Crippen molar-refractivity contribution < 1.29 is 48.1 Å². The number of carboxylic acid groups (broad SMARTS) is 2. The van der Waals surface area contributed by atoms with Crippen LogP contribution in [0.15, 0.2) is 34.7 Å². The molecule has 0 aliphatic carbocycles. The number of fused-ring (bicyclic) bond motifs is 2. The van der Waals surface area contributed by atoms with Crippen molar-refractivity contribution >= 4 is 51.7 Å². The van der Waals surface area contributed by atoms with Crippen LogP contribution in [0.3, 0.4) is 0 Å². The summed E-state index contributed by atoms with van der Waals surface area (Å²) in [6.07, 6.45) is -2.08. The van der Waals surface area contributed by atoms with Gasteiger partial charge in [-0.1, -0.05) is 24.3 Å². The molecule has 0 saturated carbocycles. The molecule has 0 fully saturated rings. The Bertz CT molecular complexity index is 1270. The monoisotopic (exact) mass is 502 g/mol. The Morgan fingerprint density at radius 1 is 0.861 bits per heavy atom. The first-order valence-electron chi connectivity index (χ1n) is 10.4. The average Bonchev–Trinajstić information content (AvgIpc) is 3.28. The minimum absolute atomic E-state index is 0.0566. The van der Waals surface area contributed by atoms with Crippen molar-refractivity contribution in [3.8, 4) is 11.5 Å². The maximum Gasteiger partial charge on any atom is 0.412 e. The second-order valence-electron chi connectivity index (χ2n) is 7.54. The highest BCUT2D eigenvalue weighted by molar-refractivity contribution is 6.12. The highest BCUT2D eigenvalue weighted by Gasteiger charge is 2.25. The third kappa shape index (κ3) is 5.68. The number of carboxylic acids is 2. The topological polar surface area (TPSA) is 234 Å². The molecule has 1 aromatic heterocycles. The summed E-state index contributed by atoms with van der Waals surface area (Å²) in [7, 11) is 0. The number of carbonyl (C=O) groups is 5. The first-order chi connectivity index (χ1) is 17.0. The number of nitrogens with two attached hydrogens (primary N) is 2. The fraction of sp³-hybridized carbons (Fsp3) is 0.227. The van der Waals surface area contributed by atoms with Gasteiger partial charge >= 0.3 is 24.1 Å². The van der Waals surface area contributed by atoms with Crippen molar-refractivity contribution in [3.63, 3.8) is 0 Å². The van der Waals surface area contributed by atoms with Gasteiger partial charge in [-0.3, -0.25) is 14.4 Å². The summed E-state index contributed by atoms with van der Waals surface area (Å²) in [4.78, 5) is 58.5. The summed E-state index contributed by atoms with van der Waals surface area (Å²) in [5, 5.41) is 22.8. The lowest BCUT2D eigenvalue weighted by molar-refractivity contribution is -0.139. The molecule has 2 aromatic carbocycles. The van der Waals surface area contributed by atoms with Gasteiger partial charge in [0.2, 0.25) is 0 Å². The van der Waals surface area contributed by atoms with E-state index < -0.39 is 55.1 Å². The van der Waals surface area contributed by atoms with Crippen LogP contribution in [0.4, 0.5) is 9.59 Å². The van der Waals surface area contributed by atoms with Crippen LogP contribution in [-0.2, 0) is 9.59 Å². The highest BCUT2D eigenvalue weighted by Crippen LogP contribution is 2.44. The molecule has 2 atom stereocenters. The Kier molecular flexibility index (Phi) is 7.71. The van der Waals surface area contributed by atoms with E-state index in [0.29, 0.717) is 0 Å². The van der Waals surface area contributed by atoms with E-state index >= 15 is 0 Å². The van der Waals surface area contributed by atoms with Gasteiger partial charge in [-0.15, -0.1) is 0 Å². The lowest BCUT2D eigenvalue weighted by atomic mass is 10.1. The van der Waals surface area contributed by atoms with Crippen molar-refractivity contribution in [2.45, 2.75) is 19.0 Å².